The van der Waals surface area contributed by atoms with Crippen molar-refractivity contribution in [2.24, 2.45) is 0 Å². The minimum Gasteiger partial charge on any atom is -0.481 e. The summed E-state index contributed by atoms with van der Waals surface area (Å²) in [4.78, 5) is 4.10. The second-order valence-electron chi connectivity index (χ2n) is 6.01. The van der Waals surface area contributed by atoms with Crippen LogP contribution in [-0.4, -0.2) is 33.1 Å². The smallest absolute Gasteiger partial charge is 0.215 e. The third-order valence-corrected chi connectivity index (χ3v) is 4.30. The summed E-state index contributed by atoms with van der Waals surface area (Å²) < 4.78 is 20.4. The van der Waals surface area contributed by atoms with Crippen LogP contribution in [0.2, 0.25) is 0 Å². The van der Waals surface area contributed by atoms with Crippen molar-refractivity contribution in [3.8, 4) is 11.6 Å². The molecule has 0 fully saturated rings. The molecule has 7 nitrogen and oxygen atoms in total. The van der Waals surface area contributed by atoms with Gasteiger partial charge < -0.3 is 9.84 Å². The number of aliphatic hydroxyl groups excluding tert-OH is 1. The second-order valence-corrected chi connectivity index (χ2v) is 6.01. The number of ether oxygens (including phenoxy) is 1. The van der Waals surface area contributed by atoms with E-state index in [1.807, 2.05) is 6.07 Å². The molecule has 138 valence electrons. The Balaban J connectivity index is 1.67. The number of pyridine rings is 1. The quantitative estimate of drug-likeness (QED) is 0.737. The van der Waals surface area contributed by atoms with Gasteiger partial charge in [0.25, 0.3) is 0 Å². The number of hydrogen-bond acceptors (Lipinski definition) is 6. The lowest BCUT2D eigenvalue weighted by molar-refractivity contribution is 0.161. The first kappa shape index (κ1) is 17.2. The summed E-state index contributed by atoms with van der Waals surface area (Å²) in [5.74, 6) is 0.131. The third-order valence-electron chi connectivity index (χ3n) is 4.30. The summed E-state index contributed by atoms with van der Waals surface area (Å²) in [7, 11) is 1.55. The first-order valence-electron chi connectivity index (χ1n) is 8.37. The van der Waals surface area contributed by atoms with Crippen molar-refractivity contribution < 1.29 is 14.2 Å². The normalized spacial score (nSPS) is 19.3. The number of methoxy groups -OCH3 is 1. The van der Waals surface area contributed by atoms with Gasteiger partial charge in [0.05, 0.1) is 36.3 Å². The zero-order valence-electron chi connectivity index (χ0n) is 14.5. The molecule has 4 rings (SSSR count). The number of aromatic nitrogens is 3. The van der Waals surface area contributed by atoms with Crippen LogP contribution < -0.4 is 15.2 Å². The number of aliphatic hydroxyl groups is 1. The summed E-state index contributed by atoms with van der Waals surface area (Å²) in [6, 6.07) is 11.0. The minimum absolute atomic E-state index is 0.350. The summed E-state index contributed by atoms with van der Waals surface area (Å²) in [5, 5.41) is 16.6. The van der Waals surface area contributed by atoms with Gasteiger partial charge in [-0.1, -0.05) is 6.07 Å². The summed E-state index contributed by atoms with van der Waals surface area (Å²) in [6.45, 7) is 0. The van der Waals surface area contributed by atoms with Crippen LogP contribution in [0.15, 0.2) is 67.1 Å². The zero-order chi connectivity index (χ0) is 18.8. The van der Waals surface area contributed by atoms with Crippen molar-refractivity contribution in [3.63, 3.8) is 0 Å². The van der Waals surface area contributed by atoms with Crippen LogP contribution in [0.3, 0.4) is 0 Å². The van der Waals surface area contributed by atoms with E-state index >= 15 is 0 Å². The highest BCUT2D eigenvalue weighted by atomic mass is 19.1. The predicted molar refractivity (Wildman–Crippen MR) is 97.8 cm³/mol. The molecule has 8 heteroatoms. The van der Waals surface area contributed by atoms with Gasteiger partial charge in [0.15, 0.2) is 0 Å². The molecule has 0 aliphatic carbocycles. The van der Waals surface area contributed by atoms with E-state index in [2.05, 4.69) is 15.5 Å². The highest BCUT2D eigenvalue weighted by molar-refractivity contribution is 5.51. The van der Waals surface area contributed by atoms with Crippen LogP contribution in [0.25, 0.3) is 5.69 Å². The Kier molecular flexibility index (Phi) is 4.57. The highest BCUT2D eigenvalue weighted by Gasteiger charge is 2.28. The Morgan fingerprint density at radius 2 is 2.04 bits per heavy atom. The van der Waals surface area contributed by atoms with Gasteiger partial charge in [-0.15, -0.1) is 0 Å². The SMILES string of the molecule is COc1cc(N2C=CC(O)C(c3ccnn3-c3cccc(F)c3)N2)ccn1. The lowest BCUT2D eigenvalue weighted by Crippen LogP contribution is -2.45. The van der Waals surface area contributed by atoms with Gasteiger partial charge in [-0.05, 0) is 36.4 Å². The molecular formula is C19H18FN5O2. The van der Waals surface area contributed by atoms with Crippen LogP contribution in [0.4, 0.5) is 10.1 Å². The summed E-state index contributed by atoms with van der Waals surface area (Å²) >= 11 is 0. The maximum absolute atomic E-state index is 13.6. The van der Waals surface area contributed by atoms with Gasteiger partial charge in [-0.2, -0.15) is 5.10 Å². The van der Waals surface area contributed by atoms with Crippen molar-refractivity contribution in [2.45, 2.75) is 12.1 Å². The first-order chi connectivity index (χ1) is 13.2. The average Bonchev–Trinajstić information content (AvgIpc) is 3.18. The molecule has 1 aliphatic rings. The Morgan fingerprint density at radius 1 is 1.15 bits per heavy atom. The molecule has 2 aromatic heterocycles. The van der Waals surface area contributed by atoms with Crippen molar-refractivity contribution in [2.75, 3.05) is 12.1 Å². The summed E-state index contributed by atoms with van der Waals surface area (Å²) in [6.07, 6.45) is 5.89. The molecule has 3 aromatic rings. The fourth-order valence-corrected chi connectivity index (χ4v) is 2.99. The Bertz CT molecular complexity index is 974. The van der Waals surface area contributed by atoms with Crippen LogP contribution in [0.1, 0.15) is 11.7 Å². The van der Waals surface area contributed by atoms with Gasteiger partial charge in [-0.3, -0.25) is 5.01 Å². The first-order valence-corrected chi connectivity index (χ1v) is 8.37. The van der Waals surface area contributed by atoms with E-state index in [0.29, 0.717) is 17.3 Å². The molecule has 0 saturated heterocycles. The zero-order valence-corrected chi connectivity index (χ0v) is 14.5. The van der Waals surface area contributed by atoms with Crippen molar-refractivity contribution in [1.82, 2.24) is 20.2 Å². The number of nitrogens with one attached hydrogen (secondary N) is 1. The molecule has 0 spiro atoms. The van der Waals surface area contributed by atoms with E-state index in [-0.39, 0.29) is 5.82 Å². The Hall–Kier alpha value is -3.23. The molecule has 27 heavy (non-hydrogen) atoms. The number of halogens is 1. The van der Waals surface area contributed by atoms with E-state index < -0.39 is 12.1 Å². The van der Waals surface area contributed by atoms with Gasteiger partial charge >= 0.3 is 0 Å². The Labute approximate surface area is 155 Å². The van der Waals surface area contributed by atoms with E-state index in [4.69, 9.17) is 4.74 Å². The molecule has 0 amide bonds. The molecule has 2 atom stereocenters. The monoisotopic (exact) mass is 367 g/mol. The number of rotatable bonds is 4. The molecule has 0 radical (unpaired) electrons. The van der Waals surface area contributed by atoms with Gasteiger partial charge in [0.1, 0.15) is 5.82 Å². The van der Waals surface area contributed by atoms with Crippen LogP contribution in [0, 0.1) is 5.82 Å². The van der Waals surface area contributed by atoms with Crippen molar-refractivity contribution >= 4 is 5.69 Å². The number of benzene rings is 1. The van der Waals surface area contributed by atoms with Gasteiger partial charge in [0, 0.05) is 24.7 Å². The standard InChI is InChI=1S/C19H18FN5O2/c1-27-18-12-14(5-8-21-18)24-10-7-17(26)19(23-24)16-6-9-22-25(16)15-4-2-3-13(20)11-15/h2-12,17,19,23,26H,1H3. The van der Waals surface area contributed by atoms with Crippen LogP contribution in [0.5, 0.6) is 5.88 Å². The molecule has 0 saturated carbocycles. The fraction of sp³-hybridized carbons (Fsp3) is 0.158. The largest absolute Gasteiger partial charge is 0.481 e. The lowest BCUT2D eigenvalue weighted by Gasteiger charge is -2.34. The van der Waals surface area contributed by atoms with E-state index in [9.17, 15) is 9.50 Å². The minimum atomic E-state index is -0.783. The van der Waals surface area contributed by atoms with E-state index in [0.717, 1.165) is 5.69 Å². The molecule has 1 aromatic carbocycles. The topological polar surface area (TPSA) is 75.4 Å². The number of hydrazine groups is 1. The number of nitrogens with zero attached hydrogens (tertiary/aromatic N) is 4. The van der Waals surface area contributed by atoms with E-state index in [1.165, 1.54) is 12.1 Å². The second kappa shape index (κ2) is 7.18. The highest BCUT2D eigenvalue weighted by Crippen LogP contribution is 2.27. The van der Waals surface area contributed by atoms with Crippen molar-refractivity contribution in [3.05, 3.63) is 78.6 Å². The molecule has 2 unspecified atom stereocenters. The van der Waals surface area contributed by atoms with Gasteiger partial charge in [-0.25, -0.2) is 19.5 Å². The van der Waals surface area contributed by atoms with Crippen LogP contribution in [-0.2, 0) is 0 Å². The molecule has 1 aliphatic heterocycles. The molecular weight excluding hydrogens is 349 g/mol. The maximum atomic E-state index is 13.6. The maximum Gasteiger partial charge on any atom is 0.215 e. The van der Waals surface area contributed by atoms with Crippen molar-refractivity contribution in [1.29, 1.82) is 0 Å². The predicted octanol–water partition coefficient (Wildman–Crippen LogP) is 2.36. The average molecular weight is 367 g/mol. The lowest BCUT2D eigenvalue weighted by atomic mass is 10.1. The van der Waals surface area contributed by atoms with Crippen LogP contribution >= 0.6 is 0 Å². The van der Waals surface area contributed by atoms with Gasteiger partial charge in [0.2, 0.25) is 5.88 Å². The molecule has 0 bridgehead atoms. The number of anilines is 1. The molecule has 2 N–H and O–H groups in total. The fourth-order valence-electron chi connectivity index (χ4n) is 2.99. The van der Waals surface area contributed by atoms with E-state index in [1.54, 1.807) is 65.7 Å². The third kappa shape index (κ3) is 3.40. The number of hydrogen-bond donors (Lipinski definition) is 2. The Morgan fingerprint density at radius 3 is 2.85 bits per heavy atom. The summed E-state index contributed by atoms with van der Waals surface area (Å²) in [5.41, 5.74) is 5.33. The molecule has 3 heterocycles.